The highest BCUT2D eigenvalue weighted by molar-refractivity contribution is 5.09. The van der Waals surface area contributed by atoms with Crippen LogP contribution in [0.2, 0.25) is 0 Å². The van der Waals surface area contributed by atoms with E-state index in [-0.39, 0.29) is 23.0 Å². The second-order valence-electron chi connectivity index (χ2n) is 9.10. The van der Waals surface area contributed by atoms with Crippen molar-refractivity contribution in [2.24, 2.45) is 34.5 Å². The van der Waals surface area contributed by atoms with Gasteiger partial charge in [-0.15, -0.1) is 0 Å². The summed E-state index contributed by atoms with van der Waals surface area (Å²) in [5, 5.41) is 29.9. The van der Waals surface area contributed by atoms with E-state index in [0.29, 0.717) is 30.1 Å². The fourth-order valence-electron chi connectivity index (χ4n) is 6.95. The Kier molecular flexibility index (Phi) is 4.53. The minimum absolute atomic E-state index is 0.0944. The van der Waals surface area contributed by atoms with Gasteiger partial charge >= 0.3 is 0 Å². The zero-order valence-electron chi connectivity index (χ0n) is 15.0. The number of nitrogens with zero attached hydrogens (tertiary/aromatic N) is 1. The summed E-state index contributed by atoms with van der Waals surface area (Å²) < 4.78 is 0. The third-order valence-corrected chi connectivity index (χ3v) is 8.25. The molecule has 2 N–H and O–H groups in total. The lowest BCUT2D eigenvalue weighted by Crippen LogP contribution is -2.54. The van der Waals surface area contributed by atoms with E-state index in [1.54, 1.807) is 0 Å². The molecular weight excluding hydrogens is 286 g/mol. The molecule has 0 aromatic carbocycles. The van der Waals surface area contributed by atoms with E-state index < -0.39 is 0 Å². The molecule has 3 aliphatic rings. The highest BCUT2D eigenvalue weighted by Gasteiger charge is 2.59. The summed E-state index contributed by atoms with van der Waals surface area (Å²) in [7, 11) is 0. The van der Waals surface area contributed by atoms with Gasteiger partial charge in [0.05, 0.1) is 18.3 Å². The summed E-state index contributed by atoms with van der Waals surface area (Å²) in [5.74, 6) is 2.34. The van der Waals surface area contributed by atoms with E-state index in [1.165, 1.54) is 12.8 Å². The van der Waals surface area contributed by atoms with E-state index >= 15 is 0 Å². The molecular formula is C20H33NO2. The maximum Gasteiger partial charge on any atom is 0.0621 e. The highest BCUT2D eigenvalue weighted by atomic mass is 16.3. The van der Waals surface area contributed by atoms with Crippen LogP contribution in [0.1, 0.15) is 72.1 Å². The normalized spacial score (nSPS) is 50.7. The first kappa shape index (κ1) is 17.2. The molecule has 3 nitrogen and oxygen atoms in total. The van der Waals surface area contributed by atoms with Gasteiger partial charge < -0.3 is 10.2 Å². The van der Waals surface area contributed by atoms with Gasteiger partial charge in [-0.3, -0.25) is 0 Å². The highest BCUT2D eigenvalue weighted by Crippen LogP contribution is 2.65. The largest absolute Gasteiger partial charge is 0.393 e. The Hall–Kier alpha value is -0.590. The van der Waals surface area contributed by atoms with Crippen molar-refractivity contribution in [3.8, 4) is 6.07 Å². The molecule has 3 fully saturated rings. The smallest absolute Gasteiger partial charge is 0.0621 e. The predicted octanol–water partition coefficient (Wildman–Crippen LogP) is 3.89. The lowest BCUT2D eigenvalue weighted by atomic mass is 9.48. The van der Waals surface area contributed by atoms with E-state index in [9.17, 15) is 10.2 Å². The van der Waals surface area contributed by atoms with Gasteiger partial charge in [-0.05, 0) is 86.4 Å². The summed E-state index contributed by atoms with van der Waals surface area (Å²) >= 11 is 0. The van der Waals surface area contributed by atoms with Crippen molar-refractivity contribution in [1.29, 1.82) is 5.26 Å². The number of nitriles is 1. The molecule has 8 atom stereocenters. The molecule has 23 heavy (non-hydrogen) atoms. The van der Waals surface area contributed by atoms with Crippen molar-refractivity contribution in [2.75, 3.05) is 0 Å². The molecule has 3 rings (SSSR count). The lowest BCUT2D eigenvalue weighted by Gasteiger charge is -2.58. The van der Waals surface area contributed by atoms with Crippen LogP contribution in [0.15, 0.2) is 0 Å². The Morgan fingerprint density at radius 3 is 2.52 bits per heavy atom. The van der Waals surface area contributed by atoms with Crippen LogP contribution in [0.3, 0.4) is 0 Å². The summed E-state index contributed by atoms with van der Waals surface area (Å²) in [4.78, 5) is 0. The molecule has 0 aliphatic heterocycles. The Labute approximate surface area is 141 Å². The van der Waals surface area contributed by atoms with Crippen LogP contribution in [0, 0.1) is 45.8 Å². The Bertz CT molecular complexity index is 485. The molecule has 3 heteroatoms. The summed E-state index contributed by atoms with van der Waals surface area (Å²) in [6.07, 6.45) is 7.64. The maximum atomic E-state index is 10.7. The molecule has 1 unspecified atom stereocenters. The van der Waals surface area contributed by atoms with E-state index in [1.807, 2.05) is 6.92 Å². The fourth-order valence-corrected chi connectivity index (χ4v) is 6.95. The Morgan fingerprint density at radius 2 is 1.87 bits per heavy atom. The minimum atomic E-state index is -0.254. The summed E-state index contributed by atoms with van der Waals surface area (Å²) in [6.45, 7) is 6.61. The number of aliphatic hydroxyl groups is 2. The van der Waals surface area contributed by atoms with E-state index in [0.717, 1.165) is 32.1 Å². The quantitative estimate of drug-likeness (QED) is 0.829. The van der Waals surface area contributed by atoms with Crippen LogP contribution in [0.5, 0.6) is 0 Å². The first-order chi connectivity index (χ1) is 10.8. The van der Waals surface area contributed by atoms with E-state index in [4.69, 9.17) is 5.26 Å². The molecule has 0 aromatic heterocycles. The molecule has 0 spiro atoms. The molecule has 0 bridgehead atoms. The van der Waals surface area contributed by atoms with Crippen molar-refractivity contribution in [2.45, 2.75) is 84.3 Å². The zero-order valence-corrected chi connectivity index (χ0v) is 15.0. The second kappa shape index (κ2) is 6.05. The lowest BCUT2D eigenvalue weighted by molar-refractivity contribution is -0.134. The molecule has 130 valence electrons. The average Bonchev–Trinajstić information content (AvgIpc) is 2.86. The Morgan fingerprint density at radius 1 is 1.13 bits per heavy atom. The topological polar surface area (TPSA) is 64.2 Å². The van der Waals surface area contributed by atoms with Crippen molar-refractivity contribution in [3.63, 3.8) is 0 Å². The minimum Gasteiger partial charge on any atom is -0.393 e. The average molecular weight is 319 g/mol. The van der Waals surface area contributed by atoms with Crippen LogP contribution in [-0.4, -0.2) is 22.4 Å². The van der Waals surface area contributed by atoms with Gasteiger partial charge in [0.25, 0.3) is 0 Å². The number of rotatable bonds is 3. The third kappa shape index (κ3) is 2.53. The number of fused-ring (bicyclic) bond motifs is 3. The monoisotopic (exact) mass is 319 g/mol. The van der Waals surface area contributed by atoms with Gasteiger partial charge in [0.2, 0.25) is 0 Å². The second-order valence-corrected chi connectivity index (χ2v) is 9.10. The first-order valence-corrected chi connectivity index (χ1v) is 9.57. The SMILES string of the molecule is C[C@H](O)[C@H]1CC[C@H]2[C@@H]3CCC(O)[C@@](C)(CCC#N)[C@@H]3CC[C@]12C. The van der Waals surface area contributed by atoms with E-state index in [2.05, 4.69) is 19.9 Å². The first-order valence-electron chi connectivity index (χ1n) is 9.57. The van der Waals surface area contributed by atoms with Crippen molar-refractivity contribution < 1.29 is 10.2 Å². The molecule has 0 aromatic rings. The zero-order chi connectivity index (χ0) is 16.8. The number of hydrogen-bond donors (Lipinski definition) is 2. The van der Waals surface area contributed by atoms with Gasteiger partial charge in [0.1, 0.15) is 0 Å². The molecule has 0 radical (unpaired) electrons. The van der Waals surface area contributed by atoms with Gasteiger partial charge in [-0.1, -0.05) is 13.8 Å². The third-order valence-electron chi connectivity index (χ3n) is 8.25. The number of hydrogen-bond acceptors (Lipinski definition) is 3. The molecule has 0 amide bonds. The van der Waals surface area contributed by atoms with Crippen molar-refractivity contribution in [3.05, 3.63) is 0 Å². The summed E-state index contributed by atoms with van der Waals surface area (Å²) in [5.41, 5.74) is 0.177. The molecule has 0 saturated heterocycles. The van der Waals surface area contributed by atoms with Gasteiger partial charge in [0, 0.05) is 6.42 Å². The van der Waals surface area contributed by atoms with Gasteiger partial charge in [-0.25, -0.2) is 0 Å². The van der Waals surface area contributed by atoms with Crippen LogP contribution in [-0.2, 0) is 0 Å². The van der Waals surface area contributed by atoms with Crippen LogP contribution >= 0.6 is 0 Å². The van der Waals surface area contributed by atoms with Crippen molar-refractivity contribution in [1.82, 2.24) is 0 Å². The standard InChI is InChI=1S/C20H33NO2/c1-13(22)15-6-7-16-14-5-8-18(23)20(3,10-4-12-21)17(14)9-11-19(15,16)2/h13-18,22-23H,4-11H2,1-3H3/t13-,14-,15+,16-,17+,18?,19+,20-/m0/s1. The summed E-state index contributed by atoms with van der Waals surface area (Å²) in [6, 6.07) is 2.29. The molecule has 0 heterocycles. The van der Waals surface area contributed by atoms with Gasteiger partial charge in [0.15, 0.2) is 0 Å². The molecule has 3 saturated carbocycles. The van der Waals surface area contributed by atoms with Crippen LogP contribution in [0.4, 0.5) is 0 Å². The fraction of sp³-hybridized carbons (Fsp3) is 0.950. The van der Waals surface area contributed by atoms with Gasteiger partial charge in [-0.2, -0.15) is 5.26 Å². The van der Waals surface area contributed by atoms with Crippen LogP contribution < -0.4 is 0 Å². The molecule has 3 aliphatic carbocycles. The number of aliphatic hydroxyl groups excluding tert-OH is 2. The predicted molar refractivity (Wildman–Crippen MR) is 90.4 cm³/mol. The van der Waals surface area contributed by atoms with Crippen LogP contribution in [0.25, 0.3) is 0 Å². The Balaban J connectivity index is 1.86. The maximum absolute atomic E-state index is 10.7. The van der Waals surface area contributed by atoms with Crippen molar-refractivity contribution >= 4 is 0 Å².